The molecule has 0 amide bonds. The first kappa shape index (κ1) is 12.9. The lowest BCUT2D eigenvalue weighted by Crippen LogP contribution is -2.60. The van der Waals surface area contributed by atoms with E-state index in [1.807, 2.05) is 24.3 Å². The van der Waals surface area contributed by atoms with Crippen molar-refractivity contribution in [3.8, 4) is 5.75 Å². The summed E-state index contributed by atoms with van der Waals surface area (Å²) in [5.41, 5.74) is 0.957. The number of hydrogen-bond acceptors (Lipinski definition) is 5. The maximum atomic E-state index is 10.2. The quantitative estimate of drug-likeness (QED) is 0.713. The molecule has 19 heavy (non-hydrogen) atoms. The lowest BCUT2D eigenvalue weighted by molar-refractivity contribution is -0.301. The van der Waals surface area contributed by atoms with Crippen LogP contribution in [0.3, 0.4) is 0 Å². The molecule has 1 aromatic rings. The maximum Gasteiger partial charge on any atom is 0.243 e. The standard InChI is InChI=1S/C14H18O5/c15-6-5-10-7-11(16)13(17)14(18-10)8-9-3-1-2-4-12(9)19-14/h1-4,10-11,13,15-17H,5-8H2/t10-,11-,13+,14+/m0/s1. The monoisotopic (exact) mass is 266 g/mol. The average molecular weight is 266 g/mol. The van der Waals surface area contributed by atoms with Gasteiger partial charge in [0.05, 0.1) is 12.2 Å². The van der Waals surface area contributed by atoms with Gasteiger partial charge in [0, 0.05) is 25.0 Å². The summed E-state index contributed by atoms with van der Waals surface area (Å²) in [5, 5.41) is 29.2. The fraction of sp³-hybridized carbons (Fsp3) is 0.571. The van der Waals surface area contributed by atoms with Crippen molar-refractivity contribution in [1.29, 1.82) is 0 Å². The van der Waals surface area contributed by atoms with Crippen LogP contribution >= 0.6 is 0 Å². The fourth-order valence-electron chi connectivity index (χ4n) is 2.88. The first-order chi connectivity index (χ1) is 9.14. The SMILES string of the molecule is OCC[C@H]1C[C@H](O)[C@@H](O)[C@]2(Cc3ccccc3O2)O1. The molecule has 2 aliphatic heterocycles. The van der Waals surface area contributed by atoms with Crippen LogP contribution in [0, 0.1) is 0 Å². The van der Waals surface area contributed by atoms with Crippen LogP contribution in [0.25, 0.3) is 0 Å². The smallest absolute Gasteiger partial charge is 0.243 e. The predicted molar refractivity (Wildman–Crippen MR) is 66.7 cm³/mol. The van der Waals surface area contributed by atoms with Gasteiger partial charge in [-0.15, -0.1) is 0 Å². The molecular weight excluding hydrogens is 248 g/mol. The van der Waals surface area contributed by atoms with Gasteiger partial charge in [-0.25, -0.2) is 0 Å². The second-order valence-electron chi connectivity index (χ2n) is 5.20. The van der Waals surface area contributed by atoms with E-state index in [9.17, 15) is 10.2 Å². The van der Waals surface area contributed by atoms with E-state index in [4.69, 9.17) is 14.6 Å². The van der Waals surface area contributed by atoms with E-state index in [1.165, 1.54) is 0 Å². The predicted octanol–water partition coefficient (Wildman–Crippen LogP) is 0.211. The highest BCUT2D eigenvalue weighted by atomic mass is 16.7. The lowest BCUT2D eigenvalue weighted by atomic mass is 9.91. The van der Waals surface area contributed by atoms with E-state index in [0.717, 1.165) is 5.56 Å². The van der Waals surface area contributed by atoms with Crippen LogP contribution in [0.4, 0.5) is 0 Å². The number of rotatable bonds is 2. The summed E-state index contributed by atoms with van der Waals surface area (Å²) < 4.78 is 11.6. The van der Waals surface area contributed by atoms with Crippen molar-refractivity contribution in [1.82, 2.24) is 0 Å². The van der Waals surface area contributed by atoms with Gasteiger partial charge in [0.2, 0.25) is 5.79 Å². The summed E-state index contributed by atoms with van der Waals surface area (Å²) in [6.45, 7) is -0.0174. The molecule has 0 unspecified atom stereocenters. The Hall–Kier alpha value is -1.14. The second kappa shape index (κ2) is 4.76. The highest BCUT2D eigenvalue weighted by Crippen LogP contribution is 2.42. The molecule has 1 saturated heterocycles. The zero-order valence-electron chi connectivity index (χ0n) is 10.5. The molecule has 104 valence electrons. The number of para-hydroxylation sites is 1. The molecule has 0 aliphatic carbocycles. The number of ether oxygens (including phenoxy) is 2. The third-order valence-electron chi connectivity index (χ3n) is 3.83. The van der Waals surface area contributed by atoms with Gasteiger partial charge in [0.1, 0.15) is 11.9 Å². The molecule has 0 radical (unpaired) electrons. The van der Waals surface area contributed by atoms with E-state index in [-0.39, 0.29) is 12.7 Å². The molecular formula is C14H18O5. The molecule has 0 aromatic heterocycles. The Morgan fingerprint density at radius 1 is 1.26 bits per heavy atom. The van der Waals surface area contributed by atoms with Crippen molar-refractivity contribution < 1.29 is 24.8 Å². The highest BCUT2D eigenvalue weighted by Gasteiger charge is 2.54. The topological polar surface area (TPSA) is 79.2 Å². The molecule has 1 fully saturated rings. The Morgan fingerprint density at radius 2 is 2.05 bits per heavy atom. The van der Waals surface area contributed by atoms with E-state index in [0.29, 0.717) is 25.0 Å². The van der Waals surface area contributed by atoms with Crippen LogP contribution in [0.2, 0.25) is 0 Å². The largest absolute Gasteiger partial charge is 0.459 e. The van der Waals surface area contributed by atoms with E-state index in [2.05, 4.69) is 0 Å². The third-order valence-corrected chi connectivity index (χ3v) is 3.83. The van der Waals surface area contributed by atoms with Gasteiger partial charge in [-0.1, -0.05) is 18.2 Å². The summed E-state index contributed by atoms with van der Waals surface area (Å²) in [5.74, 6) is -0.542. The molecule has 5 heteroatoms. The summed E-state index contributed by atoms with van der Waals surface area (Å²) in [4.78, 5) is 0. The van der Waals surface area contributed by atoms with E-state index < -0.39 is 18.0 Å². The summed E-state index contributed by atoms with van der Waals surface area (Å²) >= 11 is 0. The molecule has 4 atom stereocenters. The van der Waals surface area contributed by atoms with Gasteiger partial charge in [0.25, 0.3) is 0 Å². The highest BCUT2D eigenvalue weighted by molar-refractivity contribution is 5.39. The van der Waals surface area contributed by atoms with E-state index in [1.54, 1.807) is 0 Å². The van der Waals surface area contributed by atoms with Crippen LogP contribution in [-0.4, -0.2) is 46.0 Å². The van der Waals surface area contributed by atoms with Gasteiger partial charge >= 0.3 is 0 Å². The minimum atomic E-state index is -1.22. The first-order valence-corrected chi connectivity index (χ1v) is 6.56. The van der Waals surface area contributed by atoms with Crippen LogP contribution in [0.1, 0.15) is 18.4 Å². The van der Waals surface area contributed by atoms with Crippen molar-refractivity contribution in [2.75, 3.05) is 6.61 Å². The van der Waals surface area contributed by atoms with Crippen molar-refractivity contribution in [2.24, 2.45) is 0 Å². The first-order valence-electron chi connectivity index (χ1n) is 6.56. The molecule has 3 rings (SSSR count). The van der Waals surface area contributed by atoms with Crippen LogP contribution < -0.4 is 4.74 Å². The Labute approximate surface area is 111 Å². The molecule has 0 bridgehead atoms. The van der Waals surface area contributed by atoms with Crippen LogP contribution in [0.5, 0.6) is 5.75 Å². The van der Waals surface area contributed by atoms with Gasteiger partial charge in [-0.3, -0.25) is 0 Å². The average Bonchev–Trinajstić information content (AvgIpc) is 2.75. The Bertz CT molecular complexity index is 436. The minimum absolute atomic E-state index is 0.0174. The van der Waals surface area contributed by atoms with Crippen LogP contribution in [0.15, 0.2) is 24.3 Å². The number of aliphatic hydroxyl groups excluding tert-OH is 3. The Kier molecular flexibility index (Phi) is 3.22. The maximum absolute atomic E-state index is 10.2. The minimum Gasteiger partial charge on any atom is -0.459 e. The molecule has 3 N–H and O–H groups in total. The van der Waals surface area contributed by atoms with Gasteiger partial charge in [-0.2, -0.15) is 0 Å². The molecule has 1 spiro atoms. The second-order valence-corrected chi connectivity index (χ2v) is 5.20. The molecule has 1 aromatic carbocycles. The van der Waals surface area contributed by atoms with Gasteiger partial charge < -0.3 is 24.8 Å². The normalized spacial score (nSPS) is 37.1. The summed E-state index contributed by atoms with van der Waals surface area (Å²) in [7, 11) is 0. The Balaban J connectivity index is 1.87. The molecule has 0 saturated carbocycles. The molecule has 2 aliphatic rings. The van der Waals surface area contributed by atoms with Crippen molar-refractivity contribution in [3.63, 3.8) is 0 Å². The Morgan fingerprint density at radius 3 is 2.79 bits per heavy atom. The van der Waals surface area contributed by atoms with Gasteiger partial charge in [0.15, 0.2) is 0 Å². The number of hydrogen-bond donors (Lipinski definition) is 3. The molecule has 5 nitrogen and oxygen atoms in total. The number of aliphatic hydroxyl groups is 3. The third kappa shape index (κ3) is 2.12. The zero-order chi connectivity index (χ0) is 13.5. The molecule has 2 heterocycles. The van der Waals surface area contributed by atoms with Crippen molar-refractivity contribution in [2.45, 2.75) is 43.4 Å². The van der Waals surface area contributed by atoms with Crippen molar-refractivity contribution >= 4 is 0 Å². The number of fused-ring (bicyclic) bond motifs is 1. The number of benzene rings is 1. The fourth-order valence-corrected chi connectivity index (χ4v) is 2.88. The van der Waals surface area contributed by atoms with Gasteiger partial charge in [-0.05, 0) is 12.5 Å². The summed E-state index contributed by atoms with van der Waals surface area (Å²) in [6.07, 6.45) is -1.16. The van der Waals surface area contributed by atoms with Crippen molar-refractivity contribution in [3.05, 3.63) is 29.8 Å². The lowest BCUT2D eigenvalue weighted by Gasteiger charge is -2.43. The van der Waals surface area contributed by atoms with E-state index >= 15 is 0 Å². The zero-order valence-corrected chi connectivity index (χ0v) is 10.5. The van der Waals surface area contributed by atoms with Crippen LogP contribution in [-0.2, 0) is 11.2 Å². The summed E-state index contributed by atoms with van der Waals surface area (Å²) in [6, 6.07) is 7.50.